The van der Waals surface area contributed by atoms with Crippen LogP contribution in [0.4, 0.5) is 0 Å². The number of nitrogens with one attached hydrogen (secondary N) is 1. The average Bonchev–Trinajstić information content (AvgIpc) is 3.01. The van der Waals surface area contributed by atoms with Gasteiger partial charge in [0.2, 0.25) is 11.8 Å². The highest BCUT2D eigenvalue weighted by atomic mass is 79.9. The van der Waals surface area contributed by atoms with Gasteiger partial charge >= 0.3 is 0 Å². The fourth-order valence-corrected chi connectivity index (χ4v) is 3.37. The van der Waals surface area contributed by atoms with Gasteiger partial charge in [-0.05, 0) is 43.2 Å². The van der Waals surface area contributed by atoms with Gasteiger partial charge in [0.1, 0.15) is 11.3 Å². The maximum Gasteiger partial charge on any atom is 0.245 e. The molecule has 1 aromatic heterocycles. The fraction of sp³-hybridized carbons (Fsp3) is 0.333. The Morgan fingerprint density at radius 1 is 1.42 bits per heavy atom. The first kappa shape index (κ1) is 16.8. The van der Waals surface area contributed by atoms with Gasteiger partial charge in [0.25, 0.3) is 0 Å². The molecule has 2 aromatic rings. The summed E-state index contributed by atoms with van der Waals surface area (Å²) in [5.41, 5.74) is 0.794. The molecule has 1 N–H and O–H groups in total. The summed E-state index contributed by atoms with van der Waals surface area (Å²) in [6, 6.07) is 7.71. The summed E-state index contributed by atoms with van der Waals surface area (Å²) >= 11 is 3.43. The number of piperidine rings is 1. The first-order chi connectivity index (χ1) is 11.6. The minimum Gasteiger partial charge on any atom is -0.459 e. The SMILES string of the molecule is C=CC(=O)N1CCCC(C(=O)NCc2cc3cc(Br)ccc3o2)C1. The summed E-state index contributed by atoms with van der Waals surface area (Å²) in [4.78, 5) is 25.8. The summed E-state index contributed by atoms with van der Waals surface area (Å²) in [6.45, 7) is 4.98. The largest absolute Gasteiger partial charge is 0.459 e. The number of halogens is 1. The van der Waals surface area contributed by atoms with Gasteiger partial charge in [0, 0.05) is 22.9 Å². The van der Waals surface area contributed by atoms with Crippen LogP contribution in [0.3, 0.4) is 0 Å². The van der Waals surface area contributed by atoms with Crippen molar-refractivity contribution in [3.8, 4) is 0 Å². The van der Waals surface area contributed by atoms with Crippen molar-refractivity contribution in [2.45, 2.75) is 19.4 Å². The number of hydrogen-bond donors (Lipinski definition) is 1. The summed E-state index contributed by atoms with van der Waals surface area (Å²) in [5, 5.41) is 3.91. The normalized spacial score (nSPS) is 17.7. The Morgan fingerprint density at radius 3 is 3.04 bits per heavy atom. The van der Waals surface area contributed by atoms with Gasteiger partial charge in [0.05, 0.1) is 12.5 Å². The van der Waals surface area contributed by atoms with Crippen LogP contribution in [0.5, 0.6) is 0 Å². The highest BCUT2D eigenvalue weighted by molar-refractivity contribution is 9.10. The lowest BCUT2D eigenvalue weighted by Gasteiger charge is -2.31. The number of hydrogen-bond acceptors (Lipinski definition) is 3. The van der Waals surface area contributed by atoms with E-state index in [0.29, 0.717) is 25.4 Å². The monoisotopic (exact) mass is 390 g/mol. The number of furan rings is 1. The Labute approximate surface area is 148 Å². The molecule has 0 radical (unpaired) electrons. The molecule has 1 unspecified atom stereocenters. The lowest BCUT2D eigenvalue weighted by Crippen LogP contribution is -2.44. The Balaban J connectivity index is 1.59. The second-order valence-corrected chi connectivity index (χ2v) is 6.86. The number of amides is 2. The van der Waals surface area contributed by atoms with Gasteiger partial charge in [-0.25, -0.2) is 0 Å². The molecule has 2 amide bonds. The second-order valence-electron chi connectivity index (χ2n) is 5.94. The Bertz CT molecular complexity index is 784. The summed E-state index contributed by atoms with van der Waals surface area (Å²) in [5.74, 6) is 0.376. The van der Waals surface area contributed by atoms with Crippen molar-refractivity contribution in [2.75, 3.05) is 13.1 Å². The molecule has 6 heteroatoms. The Morgan fingerprint density at radius 2 is 2.25 bits per heavy atom. The van der Waals surface area contributed by atoms with Crippen LogP contribution < -0.4 is 5.32 Å². The molecular formula is C18H19BrN2O3. The lowest BCUT2D eigenvalue weighted by atomic mass is 9.97. The van der Waals surface area contributed by atoms with Gasteiger partial charge in [0.15, 0.2) is 0 Å². The predicted octanol–water partition coefficient (Wildman–Crippen LogP) is 3.24. The standard InChI is InChI=1S/C18H19BrN2O3/c1-2-17(22)21-7-3-4-12(11-21)18(23)20-10-15-9-13-8-14(19)5-6-16(13)24-15/h2,5-6,8-9,12H,1,3-4,7,10-11H2,(H,20,23). The molecule has 1 atom stereocenters. The third kappa shape index (κ3) is 3.70. The smallest absolute Gasteiger partial charge is 0.245 e. The van der Waals surface area contributed by atoms with Crippen LogP contribution >= 0.6 is 15.9 Å². The maximum absolute atomic E-state index is 12.4. The molecule has 126 valence electrons. The summed E-state index contributed by atoms with van der Waals surface area (Å²) < 4.78 is 6.71. The molecule has 1 aliphatic rings. The Kier molecular flexibility index (Phi) is 5.04. The van der Waals surface area contributed by atoms with E-state index in [-0.39, 0.29) is 17.7 Å². The van der Waals surface area contributed by atoms with E-state index < -0.39 is 0 Å². The number of likely N-dealkylation sites (tertiary alicyclic amines) is 1. The molecule has 24 heavy (non-hydrogen) atoms. The molecule has 0 spiro atoms. The number of carbonyl (C=O) groups excluding carboxylic acids is 2. The van der Waals surface area contributed by atoms with E-state index in [4.69, 9.17) is 4.42 Å². The zero-order valence-corrected chi connectivity index (χ0v) is 14.8. The zero-order valence-electron chi connectivity index (χ0n) is 13.3. The molecular weight excluding hydrogens is 372 g/mol. The molecule has 5 nitrogen and oxygen atoms in total. The summed E-state index contributed by atoms with van der Waals surface area (Å²) in [7, 11) is 0. The quantitative estimate of drug-likeness (QED) is 0.815. The molecule has 0 saturated carbocycles. The molecule has 1 saturated heterocycles. The van der Waals surface area contributed by atoms with Gasteiger partial charge in [-0.3, -0.25) is 9.59 Å². The third-order valence-electron chi connectivity index (χ3n) is 4.24. The molecule has 1 aliphatic heterocycles. The van der Waals surface area contributed by atoms with E-state index in [1.54, 1.807) is 4.90 Å². The van der Waals surface area contributed by atoms with Crippen LogP contribution in [0, 0.1) is 5.92 Å². The van der Waals surface area contributed by atoms with Crippen LogP contribution in [0.1, 0.15) is 18.6 Å². The second kappa shape index (κ2) is 7.21. The molecule has 1 fully saturated rings. The van der Waals surface area contributed by atoms with Crippen molar-refractivity contribution in [2.24, 2.45) is 5.92 Å². The third-order valence-corrected chi connectivity index (χ3v) is 4.74. The molecule has 1 aromatic carbocycles. The molecule has 0 bridgehead atoms. The minimum absolute atomic E-state index is 0.0433. The number of nitrogens with zero attached hydrogens (tertiary/aromatic N) is 1. The van der Waals surface area contributed by atoms with E-state index in [1.165, 1.54) is 6.08 Å². The van der Waals surface area contributed by atoms with E-state index in [9.17, 15) is 9.59 Å². The molecule has 3 rings (SSSR count). The molecule has 2 heterocycles. The predicted molar refractivity (Wildman–Crippen MR) is 95.3 cm³/mol. The van der Waals surface area contributed by atoms with Gasteiger partial charge < -0.3 is 14.6 Å². The summed E-state index contributed by atoms with van der Waals surface area (Å²) in [6.07, 6.45) is 2.92. The van der Waals surface area contributed by atoms with E-state index in [0.717, 1.165) is 28.3 Å². The Hall–Kier alpha value is -2.08. The van der Waals surface area contributed by atoms with Crippen LogP contribution in [0.25, 0.3) is 11.0 Å². The van der Waals surface area contributed by atoms with Crippen LogP contribution in [0.2, 0.25) is 0 Å². The first-order valence-corrected chi connectivity index (χ1v) is 8.73. The highest BCUT2D eigenvalue weighted by Crippen LogP contribution is 2.23. The van der Waals surface area contributed by atoms with Crippen molar-refractivity contribution in [3.63, 3.8) is 0 Å². The van der Waals surface area contributed by atoms with Crippen LogP contribution in [0.15, 0.2) is 45.8 Å². The fourth-order valence-electron chi connectivity index (χ4n) is 3.00. The van der Waals surface area contributed by atoms with Crippen LogP contribution in [-0.2, 0) is 16.1 Å². The number of benzene rings is 1. The number of rotatable bonds is 4. The van der Waals surface area contributed by atoms with Crippen molar-refractivity contribution in [3.05, 3.63) is 47.2 Å². The lowest BCUT2D eigenvalue weighted by molar-refractivity contribution is -0.132. The maximum atomic E-state index is 12.4. The van der Waals surface area contributed by atoms with Gasteiger partial charge in [-0.2, -0.15) is 0 Å². The number of fused-ring (bicyclic) bond motifs is 1. The minimum atomic E-state index is -0.179. The molecule has 0 aliphatic carbocycles. The zero-order chi connectivity index (χ0) is 17.1. The van der Waals surface area contributed by atoms with Gasteiger partial charge in [-0.15, -0.1) is 0 Å². The van der Waals surface area contributed by atoms with Crippen LogP contribution in [-0.4, -0.2) is 29.8 Å². The van der Waals surface area contributed by atoms with Crippen molar-refractivity contribution in [1.82, 2.24) is 10.2 Å². The van der Waals surface area contributed by atoms with E-state index in [1.807, 2.05) is 24.3 Å². The topological polar surface area (TPSA) is 62.6 Å². The highest BCUT2D eigenvalue weighted by Gasteiger charge is 2.27. The van der Waals surface area contributed by atoms with E-state index in [2.05, 4.69) is 27.8 Å². The first-order valence-electron chi connectivity index (χ1n) is 7.94. The van der Waals surface area contributed by atoms with Crippen molar-refractivity contribution < 1.29 is 14.0 Å². The number of carbonyl (C=O) groups is 2. The van der Waals surface area contributed by atoms with Crippen molar-refractivity contribution >= 4 is 38.7 Å². The van der Waals surface area contributed by atoms with E-state index >= 15 is 0 Å². The van der Waals surface area contributed by atoms with Crippen molar-refractivity contribution in [1.29, 1.82) is 0 Å². The van der Waals surface area contributed by atoms with Gasteiger partial charge in [-0.1, -0.05) is 22.5 Å². The average molecular weight is 391 g/mol.